The second-order valence-corrected chi connectivity index (χ2v) is 7.53. The number of nitrogens with one attached hydrogen (secondary N) is 2. The van der Waals surface area contributed by atoms with E-state index in [0.717, 1.165) is 31.0 Å². The Bertz CT molecular complexity index is 975. The number of carbonyl (C=O) groups excluding carboxylic acids is 1. The van der Waals surface area contributed by atoms with E-state index in [2.05, 4.69) is 25.4 Å². The van der Waals surface area contributed by atoms with Crippen LogP contribution in [0, 0.1) is 0 Å². The van der Waals surface area contributed by atoms with Gasteiger partial charge in [0.2, 0.25) is 0 Å². The van der Waals surface area contributed by atoms with Gasteiger partial charge in [-0.1, -0.05) is 6.42 Å². The Kier molecular flexibility index (Phi) is 4.35. The Labute approximate surface area is 163 Å². The molecule has 7 nitrogen and oxygen atoms in total. The van der Waals surface area contributed by atoms with Gasteiger partial charge < -0.3 is 14.6 Å². The standard InChI is InChI=1S/C21H23N5O2/c27-21(23-12-16-5-2-10-28-16)19-11-15(6-8-22-19)26-9-7-18-17(13-26)20(25-24-18)14-3-1-4-14/h2,5-6,8,10-11,14H,1,3-4,7,9,12-13H2,(H,23,27)(H,24,25). The lowest BCUT2D eigenvalue weighted by Gasteiger charge is -2.31. The smallest absolute Gasteiger partial charge is 0.270 e. The summed E-state index contributed by atoms with van der Waals surface area (Å²) in [6.07, 6.45) is 8.03. The third kappa shape index (κ3) is 3.17. The van der Waals surface area contributed by atoms with Crippen LogP contribution < -0.4 is 10.2 Å². The number of aromatic amines is 1. The average molecular weight is 377 g/mol. The molecule has 3 aromatic rings. The van der Waals surface area contributed by atoms with E-state index in [0.29, 0.717) is 18.2 Å². The van der Waals surface area contributed by atoms with Crippen LogP contribution in [0.4, 0.5) is 5.69 Å². The number of amides is 1. The van der Waals surface area contributed by atoms with Gasteiger partial charge in [0, 0.05) is 48.6 Å². The van der Waals surface area contributed by atoms with Gasteiger partial charge in [-0.05, 0) is 37.1 Å². The number of fused-ring (bicyclic) bond motifs is 1. The molecule has 7 heteroatoms. The average Bonchev–Trinajstić information content (AvgIpc) is 3.35. The van der Waals surface area contributed by atoms with Crippen molar-refractivity contribution in [3.05, 3.63) is 65.1 Å². The molecule has 5 rings (SSSR count). The largest absolute Gasteiger partial charge is 0.467 e. The van der Waals surface area contributed by atoms with Gasteiger partial charge in [0.15, 0.2) is 0 Å². The van der Waals surface area contributed by atoms with Crippen molar-refractivity contribution < 1.29 is 9.21 Å². The number of hydrogen-bond donors (Lipinski definition) is 2. The second-order valence-electron chi connectivity index (χ2n) is 7.53. The van der Waals surface area contributed by atoms with Crippen LogP contribution in [0.2, 0.25) is 0 Å². The summed E-state index contributed by atoms with van der Waals surface area (Å²) in [5.74, 6) is 1.13. The summed E-state index contributed by atoms with van der Waals surface area (Å²) in [6, 6.07) is 7.47. The Morgan fingerprint density at radius 2 is 2.29 bits per heavy atom. The summed E-state index contributed by atoms with van der Waals surface area (Å²) in [5.41, 5.74) is 5.29. The van der Waals surface area contributed by atoms with Crippen LogP contribution in [0.25, 0.3) is 0 Å². The third-order valence-corrected chi connectivity index (χ3v) is 5.80. The molecule has 1 aliphatic carbocycles. The summed E-state index contributed by atoms with van der Waals surface area (Å²) in [5, 5.41) is 10.7. The van der Waals surface area contributed by atoms with Crippen molar-refractivity contribution >= 4 is 11.6 Å². The van der Waals surface area contributed by atoms with Crippen molar-refractivity contribution in [2.45, 2.75) is 44.7 Å². The summed E-state index contributed by atoms with van der Waals surface area (Å²) in [7, 11) is 0. The van der Waals surface area contributed by atoms with E-state index in [4.69, 9.17) is 4.42 Å². The van der Waals surface area contributed by atoms with Crippen molar-refractivity contribution in [2.24, 2.45) is 0 Å². The van der Waals surface area contributed by atoms with E-state index in [1.807, 2.05) is 18.2 Å². The predicted molar refractivity (Wildman–Crippen MR) is 104 cm³/mol. The van der Waals surface area contributed by atoms with Crippen molar-refractivity contribution in [3.63, 3.8) is 0 Å². The van der Waals surface area contributed by atoms with Crippen molar-refractivity contribution in [2.75, 3.05) is 11.4 Å². The topological polar surface area (TPSA) is 87.0 Å². The molecule has 0 aromatic carbocycles. The molecule has 0 bridgehead atoms. The van der Waals surface area contributed by atoms with Crippen LogP contribution in [0.1, 0.15) is 58.4 Å². The lowest BCUT2D eigenvalue weighted by Crippen LogP contribution is -2.31. The molecular formula is C21H23N5O2. The van der Waals surface area contributed by atoms with E-state index in [9.17, 15) is 4.79 Å². The predicted octanol–water partition coefficient (Wildman–Crippen LogP) is 3.16. The minimum absolute atomic E-state index is 0.200. The van der Waals surface area contributed by atoms with Gasteiger partial charge in [0.25, 0.3) is 5.91 Å². The highest BCUT2D eigenvalue weighted by molar-refractivity contribution is 5.93. The fourth-order valence-corrected chi connectivity index (χ4v) is 3.97. The van der Waals surface area contributed by atoms with Crippen molar-refractivity contribution in [1.29, 1.82) is 0 Å². The van der Waals surface area contributed by atoms with Gasteiger partial charge in [-0.2, -0.15) is 5.10 Å². The van der Waals surface area contributed by atoms with E-state index in [1.165, 1.54) is 36.2 Å². The number of anilines is 1. The lowest BCUT2D eigenvalue weighted by atomic mass is 9.81. The number of carbonyl (C=O) groups is 1. The summed E-state index contributed by atoms with van der Waals surface area (Å²) in [4.78, 5) is 19.0. The zero-order valence-corrected chi connectivity index (χ0v) is 15.6. The number of aromatic nitrogens is 3. The second kappa shape index (κ2) is 7.14. The Hall–Kier alpha value is -3.09. The van der Waals surface area contributed by atoms with Crippen LogP contribution in [0.5, 0.6) is 0 Å². The van der Waals surface area contributed by atoms with E-state index < -0.39 is 0 Å². The van der Waals surface area contributed by atoms with E-state index in [-0.39, 0.29) is 5.91 Å². The fraction of sp³-hybridized carbons (Fsp3) is 0.381. The molecular weight excluding hydrogens is 354 g/mol. The number of rotatable bonds is 5. The summed E-state index contributed by atoms with van der Waals surface area (Å²) < 4.78 is 5.26. The molecule has 4 heterocycles. The van der Waals surface area contributed by atoms with Gasteiger partial charge >= 0.3 is 0 Å². The molecule has 2 N–H and O–H groups in total. The molecule has 144 valence electrons. The molecule has 3 aromatic heterocycles. The van der Waals surface area contributed by atoms with Gasteiger partial charge in [-0.3, -0.25) is 14.9 Å². The Morgan fingerprint density at radius 3 is 3.07 bits per heavy atom. The molecule has 0 radical (unpaired) electrons. The maximum absolute atomic E-state index is 12.5. The number of H-pyrrole nitrogens is 1. The zero-order chi connectivity index (χ0) is 18.9. The molecule has 0 saturated heterocycles. The molecule has 0 atom stereocenters. The highest BCUT2D eigenvalue weighted by Crippen LogP contribution is 2.39. The van der Waals surface area contributed by atoms with Gasteiger partial charge in [0.05, 0.1) is 18.5 Å². The van der Waals surface area contributed by atoms with Gasteiger partial charge in [0.1, 0.15) is 11.5 Å². The van der Waals surface area contributed by atoms with Crippen molar-refractivity contribution in [3.8, 4) is 0 Å². The molecule has 1 saturated carbocycles. The van der Waals surface area contributed by atoms with Gasteiger partial charge in [-0.15, -0.1) is 0 Å². The Morgan fingerprint density at radius 1 is 1.36 bits per heavy atom. The quantitative estimate of drug-likeness (QED) is 0.713. The normalized spacial score (nSPS) is 16.5. The molecule has 0 spiro atoms. The first kappa shape index (κ1) is 17.0. The maximum Gasteiger partial charge on any atom is 0.270 e. The number of hydrogen-bond acceptors (Lipinski definition) is 5. The highest BCUT2D eigenvalue weighted by atomic mass is 16.3. The molecule has 28 heavy (non-hydrogen) atoms. The molecule has 1 fully saturated rings. The first-order valence-electron chi connectivity index (χ1n) is 9.85. The number of furan rings is 1. The summed E-state index contributed by atoms with van der Waals surface area (Å²) >= 11 is 0. The SMILES string of the molecule is O=C(NCc1ccco1)c1cc(N2CCc3[nH]nc(C4CCC4)c3C2)ccn1. The maximum atomic E-state index is 12.5. The first-order chi connectivity index (χ1) is 13.8. The van der Waals surface area contributed by atoms with E-state index in [1.54, 1.807) is 18.5 Å². The first-order valence-corrected chi connectivity index (χ1v) is 9.85. The van der Waals surface area contributed by atoms with Crippen LogP contribution in [-0.2, 0) is 19.5 Å². The van der Waals surface area contributed by atoms with Crippen LogP contribution in [0.3, 0.4) is 0 Å². The third-order valence-electron chi connectivity index (χ3n) is 5.80. The van der Waals surface area contributed by atoms with Crippen LogP contribution in [-0.4, -0.2) is 27.6 Å². The molecule has 1 aliphatic heterocycles. The minimum atomic E-state index is -0.200. The highest BCUT2D eigenvalue weighted by Gasteiger charge is 2.29. The summed E-state index contributed by atoms with van der Waals surface area (Å²) in [6.45, 7) is 2.08. The van der Waals surface area contributed by atoms with Gasteiger partial charge in [-0.25, -0.2) is 0 Å². The fourth-order valence-electron chi connectivity index (χ4n) is 3.97. The van der Waals surface area contributed by atoms with E-state index >= 15 is 0 Å². The van der Waals surface area contributed by atoms with Crippen LogP contribution >= 0.6 is 0 Å². The molecule has 2 aliphatic rings. The minimum Gasteiger partial charge on any atom is -0.467 e. The molecule has 1 amide bonds. The zero-order valence-electron chi connectivity index (χ0n) is 15.6. The Balaban J connectivity index is 1.31. The van der Waals surface area contributed by atoms with Crippen LogP contribution in [0.15, 0.2) is 41.1 Å². The lowest BCUT2D eigenvalue weighted by molar-refractivity contribution is 0.0943. The van der Waals surface area contributed by atoms with Crippen molar-refractivity contribution in [1.82, 2.24) is 20.5 Å². The molecule has 0 unspecified atom stereocenters. The number of pyridine rings is 1. The monoisotopic (exact) mass is 377 g/mol. The number of nitrogens with zero attached hydrogens (tertiary/aromatic N) is 3.